The fraction of sp³-hybridized carbons (Fsp3) is 0.364. The van der Waals surface area contributed by atoms with Crippen LogP contribution in [0.3, 0.4) is 0 Å². The maximum absolute atomic E-state index is 13.5. The molecule has 1 N–H and O–H groups in total. The summed E-state index contributed by atoms with van der Waals surface area (Å²) in [7, 11) is 0. The number of hydrogen-bond donors (Lipinski definition) is 1. The summed E-state index contributed by atoms with van der Waals surface area (Å²) in [5.41, 5.74) is 2.15. The van der Waals surface area contributed by atoms with E-state index in [9.17, 15) is 9.18 Å². The molecule has 1 amide bonds. The first-order valence-corrected chi connectivity index (χ1v) is 9.48. The first-order valence-electron chi connectivity index (χ1n) is 9.48. The van der Waals surface area contributed by atoms with Gasteiger partial charge in [-0.05, 0) is 48.7 Å². The normalized spacial score (nSPS) is 15.6. The lowest BCUT2D eigenvalue weighted by molar-refractivity contribution is 0.0187. The van der Waals surface area contributed by atoms with Gasteiger partial charge in [-0.25, -0.2) is 4.39 Å². The summed E-state index contributed by atoms with van der Waals surface area (Å²) in [6, 6.07) is 13.8. The largest absolute Gasteiger partial charge is 0.379 e. The van der Waals surface area contributed by atoms with E-state index in [1.54, 1.807) is 30.3 Å². The second-order valence-corrected chi connectivity index (χ2v) is 6.93. The molecule has 1 atom stereocenters. The zero-order valence-corrected chi connectivity index (χ0v) is 16.0. The van der Waals surface area contributed by atoms with E-state index in [1.807, 2.05) is 6.07 Å². The smallest absolute Gasteiger partial charge is 0.251 e. The number of nitrogens with one attached hydrogen (secondary N) is 1. The standard InChI is InChI=1S/C22H24FN3O2/c1-16(26-10-12-28-13-11-26)8-9-25-22(27)18-4-2-17(3-5-18)19-6-7-21(23)20(14-19)15-24/h2-7,14,16H,8-13H2,1H3,(H,25,27). The van der Waals surface area contributed by atoms with Crippen molar-refractivity contribution in [2.24, 2.45) is 0 Å². The second-order valence-electron chi connectivity index (χ2n) is 6.93. The Morgan fingerprint density at radius 3 is 2.57 bits per heavy atom. The average molecular weight is 381 g/mol. The number of hydrogen-bond acceptors (Lipinski definition) is 4. The monoisotopic (exact) mass is 381 g/mol. The van der Waals surface area contributed by atoms with Gasteiger partial charge in [0.1, 0.15) is 11.9 Å². The third kappa shape index (κ3) is 4.94. The average Bonchev–Trinajstić information content (AvgIpc) is 2.74. The Hall–Kier alpha value is -2.75. The molecular formula is C22H24FN3O2. The number of carbonyl (C=O) groups excluding carboxylic acids is 1. The van der Waals surface area contributed by atoms with E-state index in [0.29, 0.717) is 18.2 Å². The molecule has 2 aromatic carbocycles. The Morgan fingerprint density at radius 1 is 1.21 bits per heavy atom. The Balaban J connectivity index is 1.54. The van der Waals surface area contributed by atoms with Gasteiger partial charge in [0.15, 0.2) is 0 Å². The number of amides is 1. The third-order valence-electron chi connectivity index (χ3n) is 5.08. The van der Waals surface area contributed by atoms with Gasteiger partial charge >= 0.3 is 0 Å². The molecule has 1 unspecified atom stereocenters. The van der Waals surface area contributed by atoms with Crippen LogP contribution in [0, 0.1) is 17.1 Å². The van der Waals surface area contributed by atoms with E-state index in [1.165, 1.54) is 12.1 Å². The molecule has 146 valence electrons. The van der Waals surface area contributed by atoms with Gasteiger partial charge in [-0.1, -0.05) is 18.2 Å². The van der Waals surface area contributed by atoms with Gasteiger partial charge in [-0.2, -0.15) is 5.26 Å². The highest BCUT2D eigenvalue weighted by molar-refractivity contribution is 5.94. The zero-order valence-electron chi connectivity index (χ0n) is 16.0. The van der Waals surface area contributed by atoms with Gasteiger partial charge in [0, 0.05) is 31.2 Å². The summed E-state index contributed by atoms with van der Waals surface area (Å²) in [6.07, 6.45) is 0.885. The van der Waals surface area contributed by atoms with Crippen molar-refractivity contribution in [2.45, 2.75) is 19.4 Å². The summed E-state index contributed by atoms with van der Waals surface area (Å²) in [6.45, 7) is 6.20. The summed E-state index contributed by atoms with van der Waals surface area (Å²) in [4.78, 5) is 14.7. The fourth-order valence-electron chi connectivity index (χ4n) is 3.30. The summed E-state index contributed by atoms with van der Waals surface area (Å²) >= 11 is 0. The molecule has 0 aliphatic carbocycles. The summed E-state index contributed by atoms with van der Waals surface area (Å²) in [5.74, 6) is -0.647. The van der Waals surface area contributed by atoms with Crippen molar-refractivity contribution in [3.63, 3.8) is 0 Å². The van der Waals surface area contributed by atoms with Gasteiger partial charge in [0.2, 0.25) is 0 Å². The van der Waals surface area contributed by atoms with Crippen LogP contribution in [0.2, 0.25) is 0 Å². The van der Waals surface area contributed by atoms with Crippen molar-refractivity contribution in [3.05, 3.63) is 59.4 Å². The number of halogens is 1. The molecular weight excluding hydrogens is 357 g/mol. The molecule has 0 spiro atoms. The van der Waals surface area contributed by atoms with E-state index < -0.39 is 5.82 Å². The van der Waals surface area contributed by atoms with Crippen LogP contribution in [0.15, 0.2) is 42.5 Å². The maximum Gasteiger partial charge on any atom is 0.251 e. The number of nitriles is 1. The highest BCUT2D eigenvalue weighted by atomic mass is 19.1. The van der Waals surface area contributed by atoms with Crippen LogP contribution < -0.4 is 5.32 Å². The van der Waals surface area contributed by atoms with Gasteiger partial charge in [-0.15, -0.1) is 0 Å². The van der Waals surface area contributed by atoms with Crippen molar-refractivity contribution in [1.82, 2.24) is 10.2 Å². The minimum atomic E-state index is -0.534. The first kappa shape index (κ1) is 20.0. The third-order valence-corrected chi connectivity index (χ3v) is 5.08. The fourth-order valence-corrected chi connectivity index (χ4v) is 3.30. The van der Waals surface area contributed by atoms with Crippen LogP contribution in [0.1, 0.15) is 29.3 Å². The molecule has 1 fully saturated rings. The highest BCUT2D eigenvalue weighted by Gasteiger charge is 2.17. The lowest BCUT2D eigenvalue weighted by Crippen LogP contribution is -2.43. The molecule has 5 nitrogen and oxygen atoms in total. The van der Waals surface area contributed by atoms with Crippen molar-refractivity contribution >= 4 is 5.91 Å². The molecule has 2 aromatic rings. The zero-order chi connectivity index (χ0) is 19.9. The van der Waals surface area contributed by atoms with Crippen LogP contribution in [0.25, 0.3) is 11.1 Å². The maximum atomic E-state index is 13.5. The van der Waals surface area contributed by atoms with Gasteiger partial charge < -0.3 is 10.1 Å². The Morgan fingerprint density at radius 2 is 1.89 bits per heavy atom. The lowest BCUT2D eigenvalue weighted by atomic mass is 10.0. The van der Waals surface area contributed by atoms with Crippen molar-refractivity contribution in [3.8, 4) is 17.2 Å². The number of morpholine rings is 1. The van der Waals surface area contributed by atoms with Gasteiger partial charge in [0.05, 0.1) is 18.8 Å². The molecule has 1 heterocycles. The quantitative estimate of drug-likeness (QED) is 0.835. The molecule has 1 aliphatic heterocycles. The van der Waals surface area contributed by atoms with Crippen LogP contribution >= 0.6 is 0 Å². The minimum Gasteiger partial charge on any atom is -0.379 e. The Labute approximate surface area is 164 Å². The highest BCUT2D eigenvalue weighted by Crippen LogP contribution is 2.22. The molecule has 1 saturated heterocycles. The minimum absolute atomic E-state index is 0.00806. The number of carbonyl (C=O) groups is 1. The van der Waals surface area contributed by atoms with E-state index in [4.69, 9.17) is 10.00 Å². The number of ether oxygens (including phenoxy) is 1. The van der Waals surface area contributed by atoms with Crippen molar-refractivity contribution in [1.29, 1.82) is 5.26 Å². The van der Waals surface area contributed by atoms with E-state index in [0.717, 1.165) is 43.9 Å². The summed E-state index contributed by atoms with van der Waals surface area (Å²) in [5, 5.41) is 11.9. The number of benzene rings is 2. The van der Waals surface area contributed by atoms with Crippen LogP contribution in [-0.2, 0) is 4.74 Å². The number of rotatable bonds is 6. The van der Waals surface area contributed by atoms with Gasteiger partial charge in [0.25, 0.3) is 5.91 Å². The van der Waals surface area contributed by atoms with E-state index >= 15 is 0 Å². The van der Waals surface area contributed by atoms with Crippen LogP contribution in [-0.4, -0.2) is 49.7 Å². The van der Waals surface area contributed by atoms with Crippen LogP contribution in [0.4, 0.5) is 4.39 Å². The Kier molecular flexibility index (Phi) is 6.75. The van der Waals surface area contributed by atoms with Crippen molar-refractivity contribution < 1.29 is 13.9 Å². The van der Waals surface area contributed by atoms with E-state index in [2.05, 4.69) is 17.1 Å². The Bertz CT molecular complexity index is 855. The predicted molar refractivity (Wildman–Crippen MR) is 105 cm³/mol. The molecule has 1 aliphatic rings. The topological polar surface area (TPSA) is 65.4 Å². The van der Waals surface area contributed by atoms with Crippen molar-refractivity contribution in [2.75, 3.05) is 32.8 Å². The molecule has 0 saturated carbocycles. The van der Waals surface area contributed by atoms with E-state index in [-0.39, 0.29) is 11.5 Å². The molecule has 0 bridgehead atoms. The lowest BCUT2D eigenvalue weighted by Gasteiger charge is -2.32. The summed E-state index contributed by atoms with van der Waals surface area (Å²) < 4.78 is 18.8. The molecule has 28 heavy (non-hydrogen) atoms. The SMILES string of the molecule is CC(CCNC(=O)c1ccc(-c2ccc(F)c(C#N)c2)cc1)N1CCOCC1. The second kappa shape index (κ2) is 9.45. The number of nitrogens with zero attached hydrogens (tertiary/aromatic N) is 2. The molecule has 3 rings (SSSR count). The molecule has 0 radical (unpaired) electrons. The molecule has 6 heteroatoms. The molecule has 0 aromatic heterocycles. The van der Waals surface area contributed by atoms with Gasteiger partial charge in [-0.3, -0.25) is 9.69 Å². The predicted octanol–water partition coefficient (Wildman–Crippen LogP) is 3.20. The van der Waals surface area contributed by atoms with Crippen LogP contribution in [0.5, 0.6) is 0 Å². The first-order chi connectivity index (χ1) is 13.6.